The van der Waals surface area contributed by atoms with Gasteiger partial charge in [-0.1, -0.05) is 6.07 Å². The third-order valence-electron chi connectivity index (χ3n) is 2.71. The van der Waals surface area contributed by atoms with E-state index in [1.165, 1.54) is 12.1 Å². The molecular formula is C13H12N2O4. The molecule has 0 radical (unpaired) electrons. The molecule has 19 heavy (non-hydrogen) atoms. The molecule has 6 heteroatoms. The van der Waals surface area contributed by atoms with Crippen LogP contribution in [0.25, 0.3) is 0 Å². The summed E-state index contributed by atoms with van der Waals surface area (Å²) in [5, 5.41) is 13.4. The molecule has 0 bridgehead atoms. The van der Waals surface area contributed by atoms with E-state index in [4.69, 9.17) is 4.42 Å². The van der Waals surface area contributed by atoms with E-state index in [2.05, 4.69) is 5.32 Å². The monoisotopic (exact) mass is 260 g/mol. The van der Waals surface area contributed by atoms with Gasteiger partial charge in [-0.25, -0.2) is 0 Å². The van der Waals surface area contributed by atoms with Crippen molar-refractivity contribution < 1.29 is 14.1 Å². The fourth-order valence-corrected chi connectivity index (χ4v) is 1.70. The Morgan fingerprint density at radius 2 is 2.00 bits per heavy atom. The molecular weight excluding hydrogens is 248 g/mol. The summed E-state index contributed by atoms with van der Waals surface area (Å²) < 4.78 is 5.19. The number of furan rings is 1. The quantitative estimate of drug-likeness (QED) is 0.678. The molecule has 0 unspecified atom stereocenters. The first-order chi connectivity index (χ1) is 8.99. The zero-order valence-corrected chi connectivity index (χ0v) is 10.5. The molecule has 1 heterocycles. The standard InChI is InChI=1S/C13H12N2O4/c1-8-6-7-12(19-8)13(16)14-10-4-3-5-11(9(10)2)15(17)18/h3-7H,1-2H3,(H,14,16). The van der Waals surface area contributed by atoms with Gasteiger partial charge < -0.3 is 9.73 Å². The van der Waals surface area contributed by atoms with E-state index in [1.807, 2.05) is 0 Å². The Morgan fingerprint density at radius 3 is 2.58 bits per heavy atom. The van der Waals surface area contributed by atoms with E-state index in [0.717, 1.165) is 0 Å². The van der Waals surface area contributed by atoms with Crippen molar-refractivity contribution >= 4 is 17.3 Å². The molecule has 1 aromatic carbocycles. The van der Waals surface area contributed by atoms with Crippen molar-refractivity contribution in [3.8, 4) is 0 Å². The normalized spacial score (nSPS) is 10.2. The van der Waals surface area contributed by atoms with Crippen LogP contribution in [-0.4, -0.2) is 10.8 Å². The number of aryl methyl sites for hydroxylation is 1. The van der Waals surface area contributed by atoms with E-state index >= 15 is 0 Å². The maximum absolute atomic E-state index is 11.9. The van der Waals surface area contributed by atoms with Gasteiger partial charge in [0.05, 0.1) is 16.2 Å². The lowest BCUT2D eigenvalue weighted by atomic mass is 10.1. The number of nitrogens with one attached hydrogen (secondary N) is 1. The summed E-state index contributed by atoms with van der Waals surface area (Å²) in [5.74, 6) is 0.362. The summed E-state index contributed by atoms with van der Waals surface area (Å²) >= 11 is 0. The van der Waals surface area contributed by atoms with Crippen molar-refractivity contribution in [2.75, 3.05) is 5.32 Å². The lowest BCUT2D eigenvalue weighted by Crippen LogP contribution is -2.12. The predicted octanol–water partition coefficient (Wildman–Crippen LogP) is 3.06. The highest BCUT2D eigenvalue weighted by Gasteiger charge is 2.16. The lowest BCUT2D eigenvalue weighted by molar-refractivity contribution is -0.385. The van der Waals surface area contributed by atoms with E-state index < -0.39 is 10.8 Å². The zero-order chi connectivity index (χ0) is 14.0. The van der Waals surface area contributed by atoms with Gasteiger partial charge in [-0.15, -0.1) is 0 Å². The Kier molecular flexibility index (Phi) is 3.33. The Bertz CT molecular complexity index is 646. The fourth-order valence-electron chi connectivity index (χ4n) is 1.70. The second-order valence-electron chi connectivity index (χ2n) is 4.07. The topological polar surface area (TPSA) is 85.4 Å². The van der Waals surface area contributed by atoms with Crippen LogP contribution in [0.2, 0.25) is 0 Å². The molecule has 0 aliphatic carbocycles. The second kappa shape index (κ2) is 4.93. The van der Waals surface area contributed by atoms with E-state index in [9.17, 15) is 14.9 Å². The number of amides is 1. The highest BCUT2D eigenvalue weighted by Crippen LogP contribution is 2.25. The number of anilines is 1. The van der Waals surface area contributed by atoms with Crippen LogP contribution in [0.15, 0.2) is 34.7 Å². The van der Waals surface area contributed by atoms with Gasteiger partial charge in [0, 0.05) is 6.07 Å². The summed E-state index contributed by atoms with van der Waals surface area (Å²) in [6, 6.07) is 7.75. The largest absolute Gasteiger partial charge is 0.456 e. The molecule has 6 nitrogen and oxygen atoms in total. The molecule has 0 fully saturated rings. The van der Waals surface area contributed by atoms with Gasteiger partial charge in [0.15, 0.2) is 5.76 Å². The van der Waals surface area contributed by atoms with Gasteiger partial charge in [0.2, 0.25) is 0 Å². The molecule has 0 saturated heterocycles. The highest BCUT2D eigenvalue weighted by atomic mass is 16.6. The number of hydrogen-bond acceptors (Lipinski definition) is 4. The molecule has 2 aromatic rings. The third kappa shape index (κ3) is 2.62. The molecule has 1 amide bonds. The first-order valence-electron chi connectivity index (χ1n) is 5.61. The SMILES string of the molecule is Cc1ccc(C(=O)Nc2cccc([N+](=O)[O-])c2C)o1. The number of carbonyl (C=O) groups excluding carboxylic acids is 1. The van der Waals surface area contributed by atoms with Gasteiger partial charge in [-0.05, 0) is 32.0 Å². The number of rotatable bonds is 3. The van der Waals surface area contributed by atoms with Crippen molar-refractivity contribution in [3.63, 3.8) is 0 Å². The van der Waals surface area contributed by atoms with Crippen LogP contribution < -0.4 is 5.32 Å². The predicted molar refractivity (Wildman–Crippen MR) is 69.2 cm³/mol. The first-order valence-corrected chi connectivity index (χ1v) is 5.61. The van der Waals surface area contributed by atoms with Gasteiger partial charge in [0.25, 0.3) is 11.6 Å². The Hall–Kier alpha value is -2.63. The Balaban J connectivity index is 2.27. The van der Waals surface area contributed by atoms with Crippen molar-refractivity contribution in [1.29, 1.82) is 0 Å². The van der Waals surface area contributed by atoms with Crippen molar-refractivity contribution in [3.05, 3.63) is 57.5 Å². The molecule has 1 N–H and O–H groups in total. The highest BCUT2D eigenvalue weighted by molar-refractivity contribution is 6.02. The minimum atomic E-state index is -0.484. The molecule has 0 spiro atoms. The Morgan fingerprint density at radius 1 is 1.26 bits per heavy atom. The molecule has 0 aliphatic heterocycles. The van der Waals surface area contributed by atoms with Crippen LogP contribution in [-0.2, 0) is 0 Å². The summed E-state index contributed by atoms with van der Waals surface area (Å²) in [4.78, 5) is 22.2. The first kappa shape index (κ1) is 12.8. The second-order valence-corrected chi connectivity index (χ2v) is 4.07. The van der Waals surface area contributed by atoms with Crippen LogP contribution in [0.1, 0.15) is 21.9 Å². The summed E-state index contributed by atoms with van der Waals surface area (Å²) in [6.45, 7) is 3.32. The minimum absolute atomic E-state index is 0.0339. The number of nitro groups is 1. The maximum atomic E-state index is 11.9. The van der Waals surface area contributed by atoms with Gasteiger partial charge in [-0.3, -0.25) is 14.9 Å². The van der Waals surface area contributed by atoms with Crippen molar-refractivity contribution in [1.82, 2.24) is 0 Å². The molecule has 0 atom stereocenters. The number of carbonyl (C=O) groups is 1. The van der Waals surface area contributed by atoms with E-state index in [-0.39, 0.29) is 11.4 Å². The minimum Gasteiger partial charge on any atom is -0.456 e. The molecule has 0 saturated carbocycles. The van der Waals surface area contributed by atoms with Gasteiger partial charge in [-0.2, -0.15) is 0 Å². The summed E-state index contributed by atoms with van der Waals surface area (Å²) in [6.07, 6.45) is 0. The van der Waals surface area contributed by atoms with Crippen LogP contribution in [0.3, 0.4) is 0 Å². The van der Waals surface area contributed by atoms with Crippen LogP contribution in [0.5, 0.6) is 0 Å². The summed E-state index contributed by atoms with van der Waals surface area (Å²) in [5.41, 5.74) is 0.769. The van der Waals surface area contributed by atoms with E-state index in [1.54, 1.807) is 32.0 Å². The number of hydrogen-bond donors (Lipinski definition) is 1. The Labute approximate surface area is 109 Å². The average Bonchev–Trinajstić information content (AvgIpc) is 2.78. The van der Waals surface area contributed by atoms with Crippen LogP contribution >= 0.6 is 0 Å². The van der Waals surface area contributed by atoms with Crippen LogP contribution in [0.4, 0.5) is 11.4 Å². The molecule has 2 rings (SSSR count). The van der Waals surface area contributed by atoms with Crippen molar-refractivity contribution in [2.24, 2.45) is 0 Å². The summed E-state index contributed by atoms with van der Waals surface area (Å²) in [7, 11) is 0. The zero-order valence-electron chi connectivity index (χ0n) is 10.5. The maximum Gasteiger partial charge on any atom is 0.291 e. The molecule has 98 valence electrons. The molecule has 0 aliphatic rings. The van der Waals surface area contributed by atoms with Gasteiger partial charge >= 0.3 is 0 Å². The number of benzene rings is 1. The lowest BCUT2D eigenvalue weighted by Gasteiger charge is -2.07. The van der Waals surface area contributed by atoms with Crippen LogP contribution in [0, 0.1) is 24.0 Å². The average molecular weight is 260 g/mol. The van der Waals surface area contributed by atoms with Gasteiger partial charge in [0.1, 0.15) is 5.76 Å². The van der Waals surface area contributed by atoms with E-state index in [0.29, 0.717) is 17.0 Å². The third-order valence-corrected chi connectivity index (χ3v) is 2.71. The molecule has 1 aromatic heterocycles. The van der Waals surface area contributed by atoms with Crippen molar-refractivity contribution in [2.45, 2.75) is 13.8 Å². The fraction of sp³-hybridized carbons (Fsp3) is 0.154. The number of nitro benzene ring substituents is 1. The smallest absolute Gasteiger partial charge is 0.291 e. The number of nitrogens with zero attached hydrogens (tertiary/aromatic N) is 1.